The molecule has 2 rings (SSSR count). The molecule has 1 aromatic heterocycles. The average Bonchev–Trinajstić information content (AvgIpc) is 2.23. The predicted octanol–water partition coefficient (Wildman–Crippen LogP) is 1.60. The maximum Gasteiger partial charge on any atom is 0.258 e. The van der Waals surface area contributed by atoms with Gasteiger partial charge >= 0.3 is 0 Å². The predicted molar refractivity (Wildman–Crippen MR) is 68.0 cm³/mol. The minimum Gasteiger partial charge on any atom is -0.395 e. The van der Waals surface area contributed by atoms with Crippen LogP contribution in [-0.2, 0) is 6.54 Å². The fourth-order valence-corrected chi connectivity index (χ4v) is 2.24. The van der Waals surface area contributed by atoms with Crippen molar-refractivity contribution in [1.82, 2.24) is 4.57 Å². The monoisotopic (exact) mass is 315 g/mol. The number of benzene rings is 1. The molecule has 0 saturated carbocycles. The highest BCUT2D eigenvalue weighted by atomic mass is 127. The third kappa shape index (κ3) is 1.91. The van der Waals surface area contributed by atoms with E-state index in [1.807, 2.05) is 24.3 Å². The molecule has 0 spiro atoms. The van der Waals surface area contributed by atoms with Gasteiger partial charge in [-0.05, 0) is 40.8 Å². The van der Waals surface area contributed by atoms with Crippen LogP contribution in [0.5, 0.6) is 0 Å². The zero-order valence-electron chi connectivity index (χ0n) is 7.98. The molecule has 0 amide bonds. The van der Waals surface area contributed by atoms with Gasteiger partial charge in [0.05, 0.1) is 6.61 Å². The van der Waals surface area contributed by atoms with Gasteiger partial charge in [-0.15, -0.1) is 0 Å². The lowest BCUT2D eigenvalue weighted by atomic mass is 10.2. The second-order valence-electron chi connectivity index (χ2n) is 3.24. The van der Waals surface area contributed by atoms with Crippen molar-refractivity contribution in [3.05, 3.63) is 44.4 Å². The maximum atomic E-state index is 11.9. The largest absolute Gasteiger partial charge is 0.395 e. The quantitative estimate of drug-likeness (QED) is 0.856. The van der Waals surface area contributed by atoms with Crippen molar-refractivity contribution in [3.63, 3.8) is 0 Å². The fraction of sp³-hybridized carbons (Fsp3) is 0.182. The summed E-state index contributed by atoms with van der Waals surface area (Å²) >= 11 is 2.21. The number of aromatic nitrogens is 1. The standard InChI is InChI=1S/C11H10INO2/c12-10-3-1-2-9-8(10)4-5-13(6-7-14)11(9)15/h1-5,14H,6-7H2. The van der Waals surface area contributed by atoms with Crippen molar-refractivity contribution in [3.8, 4) is 0 Å². The van der Waals surface area contributed by atoms with E-state index in [0.717, 1.165) is 8.96 Å². The molecule has 0 aliphatic carbocycles. The molecule has 15 heavy (non-hydrogen) atoms. The Morgan fingerprint density at radius 3 is 2.80 bits per heavy atom. The van der Waals surface area contributed by atoms with Crippen molar-refractivity contribution in [2.24, 2.45) is 0 Å². The van der Waals surface area contributed by atoms with E-state index in [1.165, 1.54) is 4.57 Å². The first kappa shape index (κ1) is 10.6. The van der Waals surface area contributed by atoms with Crippen molar-refractivity contribution in [2.45, 2.75) is 6.54 Å². The van der Waals surface area contributed by atoms with Crippen molar-refractivity contribution in [1.29, 1.82) is 0 Å². The molecule has 0 radical (unpaired) electrons. The minimum atomic E-state index is -0.0416. The number of rotatable bonds is 2. The third-order valence-electron chi connectivity index (χ3n) is 2.31. The first-order valence-electron chi connectivity index (χ1n) is 4.62. The molecular formula is C11H10INO2. The Bertz CT molecular complexity index is 548. The average molecular weight is 315 g/mol. The van der Waals surface area contributed by atoms with Crippen LogP contribution in [-0.4, -0.2) is 16.3 Å². The highest BCUT2D eigenvalue weighted by Crippen LogP contribution is 2.16. The first-order chi connectivity index (χ1) is 7.24. The number of nitrogens with zero attached hydrogens (tertiary/aromatic N) is 1. The third-order valence-corrected chi connectivity index (χ3v) is 3.25. The molecule has 0 aliphatic rings. The minimum absolute atomic E-state index is 0.0185. The second-order valence-corrected chi connectivity index (χ2v) is 4.40. The zero-order valence-corrected chi connectivity index (χ0v) is 10.1. The van der Waals surface area contributed by atoms with Crippen molar-refractivity contribution < 1.29 is 5.11 Å². The van der Waals surface area contributed by atoms with Gasteiger partial charge in [0.15, 0.2) is 0 Å². The number of hydrogen-bond donors (Lipinski definition) is 1. The summed E-state index contributed by atoms with van der Waals surface area (Å²) in [6.45, 7) is 0.329. The van der Waals surface area contributed by atoms with E-state index in [2.05, 4.69) is 22.6 Å². The molecule has 4 heteroatoms. The second kappa shape index (κ2) is 4.32. The van der Waals surface area contributed by atoms with Gasteiger partial charge in [0.1, 0.15) is 0 Å². The van der Waals surface area contributed by atoms with Gasteiger partial charge < -0.3 is 9.67 Å². The zero-order chi connectivity index (χ0) is 10.8. The summed E-state index contributed by atoms with van der Waals surface area (Å²) in [4.78, 5) is 11.9. The topological polar surface area (TPSA) is 42.2 Å². The SMILES string of the molecule is O=c1c2cccc(I)c2ccn1CCO. The number of aliphatic hydroxyl groups is 1. The van der Waals surface area contributed by atoms with Crippen LogP contribution in [0.2, 0.25) is 0 Å². The van der Waals surface area contributed by atoms with Gasteiger partial charge in [0.25, 0.3) is 5.56 Å². The molecule has 0 atom stereocenters. The van der Waals surface area contributed by atoms with E-state index < -0.39 is 0 Å². The summed E-state index contributed by atoms with van der Waals surface area (Å²) in [6, 6.07) is 7.56. The summed E-state index contributed by atoms with van der Waals surface area (Å²) in [6.07, 6.45) is 1.73. The summed E-state index contributed by atoms with van der Waals surface area (Å²) in [5, 5.41) is 10.5. The van der Waals surface area contributed by atoms with Crippen LogP contribution >= 0.6 is 22.6 Å². The summed E-state index contributed by atoms with van der Waals surface area (Å²) in [5.74, 6) is 0. The van der Waals surface area contributed by atoms with Crippen LogP contribution in [0, 0.1) is 3.57 Å². The van der Waals surface area contributed by atoms with Crippen LogP contribution in [0.25, 0.3) is 10.8 Å². The van der Waals surface area contributed by atoms with Gasteiger partial charge in [-0.25, -0.2) is 0 Å². The summed E-state index contributed by atoms with van der Waals surface area (Å²) < 4.78 is 2.59. The normalized spacial score (nSPS) is 10.8. The number of pyridine rings is 1. The Labute approximate surface area is 100 Å². The summed E-state index contributed by atoms with van der Waals surface area (Å²) in [5.41, 5.74) is -0.0416. The van der Waals surface area contributed by atoms with Crippen LogP contribution < -0.4 is 5.56 Å². The van der Waals surface area contributed by atoms with Gasteiger partial charge in [-0.1, -0.05) is 6.07 Å². The number of fused-ring (bicyclic) bond motifs is 1. The van der Waals surface area contributed by atoms with Gasteiger partial charge in [-0.3, -0.25) is 4.79 Å². The molecule has 0 bridgehead atoms. The number of aliphatic hydroxyl groups excluding tert-OH is 1. The summed E-state index contributed by atoms with van der Waals surface area (Å²) in [7, 11) is 0. The van der Waals surface area contributed by atoms with Crippen LogP contribution in [0.4, 0.5) is 0 Å². The highest BCUT2D eigenvalue weighted by molar-refractivity contribution is 14.1. The Hall–Kier alpha value is -0.880. The van der Waals surface area contributed by atoms with E-state index in [-0.39, 0.29) is 12.2 Å². The molecule has 1 N–H and O–H groups in total. The Balaban J connectivity index is 2.75. The molecule has 0 saturated heterocycles. The van der Waals surface area contributed by atoms with Crippen LogP contribution in [0.3, 0.4) is 0 Å². The lowest BCUT2D eigenvalue weighted by molar-refractivity contribution is 0.274. The fourth-order valence-electron chi connectivity index (χ4n) is 1.56. The van der Waals surface area contributed by atoms with Gasteiger partial charge in [0, 0.05) is 27.1 Å². The Morgan fingerprint density at radius 2 is 2.07 bits per heavy atom. The van der Waals surface area contributed by atoms with E-state index in [4.69, 9.17) is 5.11 Å². The molecule has 0 aliphatic heterocycles. The molecule has 3 nitrogen and oxygen atoms in total. The Kier molecular flexibility index (Phi) is 3.06. The van der Waals surface area contributed by atoms with E-state index in [0.29, 0.717) is 11.9 Å². The van der Waals surface area contributed by atoms with Crippen molar-refractivity contribution in [2.75, 3.05) is 6.61 Å². The van der Waals surface area contributed by atoms with Crippen LogP contribution in [0.15, 0.2) is 35.3 Å². The molecule has 0 fully saturated rings. The molecular weight excluding hydrogens is 305 g/mol. The molecule has 2 aromatic rings. The molecule has 1 aromatic carbocycles. The maximum absolute atomic E-state index is 11.9. The van der Waals surface area contributed by atoms with Gasteiger partial charge in [0.2, 0.25) is 0 Å². The molecule has 1 heterocycles. The van der Waals surface area contributed by atoms with Crippen LogP contribution in [0.1, 0.15) is 0 Å². The first-order valence-corrected chi connectivity index (χ1v) is 5.70. The Morgan fingerprint density at radius 1 is 1.27 bits per heavy atom. The van der Waals surface area contributed by atoms with E-state index >= 15 is 0 Å². The van der Waals surface area contributed by atoms with E-state index in [9.17, 15) is 4.79 Å². The highest BCUT2D eigenvalue weighted by Gasteiger charge is 2.03. The lowest BCUT2D eigenvalue weighted by Crippen LogP contribution is -2.21. The van der Waals surface area contributed by atoms with Gasteiger partial charge in [-0.2, -0.15) is 0 Å². The smallest absolute Gasteiger partial charge is 0.258 e. The number of halogens is 1. The van der Waals surface area contributed by atoms with E-state index in [1.54, 1.807) is 6.20 Å². The van der Waals surface area contributed by atoms with Crippen molar-refractivity contribution >= 4 is 33.4 Å². The number of hydrogen-bond acceptors (Lipinski definition) is 2. The lowest BCUT2D eigenvalue weighted by Gasteiger charge is -2.05. The molecule has 78 valence electrons. The molecule has 0 unspecified atom stereocenters.